The van der Waals surface area contributed by atoms with E-state index in [9.17, 15) is 5.11 Å². The predicted octanol–water partition coefficient (Wildman–Crippen LogP) is 5.60. The van der Waals surface area contributed by atoms with Crippen molar-refractivity contribution in [3.8, 4) is 34.0 Å². The Morgan fingerprint density at radius 2 is 1.76 bits per heavy atom. The molecule has 0 unspecified atom stereocenters. The van der Waals surface area contributed by atoms with Crippen molar-refractivity contribution in [1.82, 2.24) is 19.7 Å². The molecule has 0 saturated heterocycles. The summed E-state index contributed by atoms with van der Waals surface area (Å²) < 4.78 is 13.9. The van der Waals surface area contributed by atoms with Gasteiger partial charge in [-0.15, -0.1) is 10.2 Å². The summed E-state index contributed by atoms with van der Waals surface area (Å²) >= 11 is 0. The third-order valence-corrected chi connectivity index (χ3v) is 7.05. The van der Waals surface area contributed by atoms with Gasteiger partial charge in [-0.2, -0.15) is 0 Å². The number of ether oxygens (including phenoxy) is 2. The molecule has 0 saturated carbocycles. The summed E-state index contributed by atoms with van der Waals surface area (Å²) in [5.74, 6) is 1.50. The molecule has 0 amide bonds. The minimum atomic E-state index is -1.15. The van der Waals surface area contributed by atoms with Crippen LogP contribution in [0.5, 0.6) is 11.5 Å². The topological polar surface area (TPSA) is 82.3 Å². The van der Waals surface area contributed by atoms with E-state index in [0.29, 0.717) is 24.9 Å². The third-order valence-electron chi connectivity index (χ3n) is 5.35. The van der Waals surface area contributed by atoms with E-state index in [4.69, 9.17) is 9.47 Å². The number of hydrogen-bond donors (Lipinski definition) is 1. The van der Waals surface area contributed by atoms with Gasteiger partial charge < -0.3 is 14.6 Å². The molecule has 4 aromatic rings. The number of phenolic OH excluding ortho intramolecular Hbond substituents is 1. The average Bonchev–Trinajstić information content (AvgIpc) is 3.30. The molecule has 8 heteroatoms. The minimum Gasteiger partial charge on any atom is -0.508 e. The molecule has 1 N–H and O–H groups in total. The van der Waals surface area contributed by atoms with Gasteiger partial charge >= 0.3 is 0 Å². The van der Waals surface area contributed by atoms with E-state index < -0.39 is 8.07 Å². The fourth-order valence-electron chi connectivity index (χ4n) is 3.43. The van der Waals surface area contributed by atoms with Gasteiger partial charge in [-0.3, -0.25) is 9.55 Å². The molecule has 0 atom stereocenters. The lowest BCUT2D eigenvalue weighted by atomic mass is 10.0. The molecular formula is C26H30N4O3Si. The highest BCUT2D eigenvalue weighted by molar-refractivity contribution is 6.76. The number of pyridine rings is 1. The molecular weight excluding hydrogens is 444 g/mol. The Labute approximate surface area is 201 Å². The molecule has 0 spiro atoms. The number of nitrogens with zero attached hydrogens (tertiary/aromatic N) is 4. The Hall–Kier alpha value is -3.49. The van der Waals surface area contributed by atoms with Crippen LogP contribution in [-0.4, -0.2) is 39.5 Å². The van der Waals surface area contributed by atoms with Gasteiger partial charge in [-0.25, -0.2) is 0 Å². The van der Waals surface area contributed by atoms with E-state index in [1.54, 1.807) is 36.9 Å². The summed E-state index contributed by atoms with van der Waals surface area (Å²) in [5, 5.41) is 18.5. The molecule has 2 aromatic carbocycles. The van der Waals surface area contributed by atoms with Gasteiger partial charge in [0.25, 0.3) is 0 Å². The lowest BCUT2D eigenvalue weighted by molar-refractivity contribution is 0.0880. The average molecular weight is 475 g/mol. The van der Waals surface area contributed by atoms with E-state index in [2.05, 4.69) is 34.8 Å². The quantitative estimate of drug-likeness (QED) is 0.238. The van der Waals surface area contributed by atoms with Crippen molar-refractivity contribution >= 4 is 8.07 Å². The molecule has 176 valence electrons. The normalized spacial score (nSPS) is 11.5. The van der Waals surface area contributed by atoms with Gasteiger partial charge in [0.05, 0.1) is 0 Å². The fraction of sp³-hybridized carbons (Fsp3) is 0.269. The number of phenols is 1. The maximum absolute atomic E-state index is 10.1. The maximum atomic E-state index is 10.1. The van der Waals surface area contributed by atoms with Crippen LogP contribution in [0.4, 0.5) is 0 Å². The lowest BCUT2D eigenvalue weighted by Crippen LogP contribution is -2.22. The number of aromatic nitrogens is 4. The van der Waals surface area contributed by atoms with E-state index in [1.807, 2.05) is 41.0 Å². The van der Waals surface area contributed by atoms with Crippen molar-refractivity contribution in [3.63, 3.8) is 0 Å². The fourth-order valence-corrected chi connectivity index (χ4v) is 4.19. The second kappa shape index (κ2) is 10.6. The standard InChI is InChI=1S/C26H30N4O3Si/c1-34(2,3)12-11-32-19-30-18-28-29-26(30)22-13-21(15-27-16-22)24-14-23(31)9-10-25(24)33-17-20-7-5-4-6-8-20/h4-10,13-16,18,31H,11-12,17,19H2,1-3H3. The first-order chi connectivity index (χ1) is 16.4. The molecule has 7 nitrogen and oxygen atoms in total. The van der Waals surface area contributed by atoms with Gasteiger partial charge in [0.15, 0.2) is 5.82 Å². The molecule has 34 heavy (non-hydrogen) atoms. The smallest absolute Gasteiger partial charge is 0.167 e. The number of aromatic hydroxyl groups is 1. The second-order valence-electron chi connectivity index (χ2n) is 9.39. The number of hydrogen-bond acceptors (Lipinski definition) is 6. The van der Waals surface area contributed by atoms with Gasteiger partial charge in [-0.05, 0) is 35.9 Å². The Bertz CT molecular complexity index is 1220. The van der Waals surface area contributed by atoms with Crippen molar-refractivity contribution in [2.75, 3.05) is 6.61 Å². The summed E-state index contributed by atoms with van der Waals surface area (Å²) in [6.07, 6.45) is 5.16. The Balaban J connectivity index is 1.55. The van der Waals surface area contributed by atoms with Crippen LogP contribution in [0.3, 0.4) is 0 Å². The lowest BCUT2D eigenvalue weighted by Gasteiger charge is -2.16. The zero-order valence-corrected chi connectivity index (χ0v) is 20.8. The molecule has 0 radical (unpaired) electrons. The molecule has 2 heterocycles. The summed E-state index contributed by atoms with van der Waals surface area (Å²) in [6, 6.07) is 18.1. The van der Waals surface area contributed by atoms with Gasteiger partial charge in [0.1, 0.15) is 31.2 Å². The highest BCUT2D eigenvalue weighted by atomic mass is 28.3. The summed E-state index contributed by atoms with van der Waals surface area (Å²) in [4.78, 5) is 4.42. The van der Waals surface area contributed by atoms with Crippen LogP contribution in [0.25, 0.3) is 22.5 Å². The summed E-state index contributed by atoms with van der Waals surface area (Å²) in [5.41, 5.74) is 3.44. The van der Waals surface area contributed by atoms with Crippen molar-refractivity contribution in [2.45, 2.75) is 39.0 Å². The Morgan fingerprint density at radius 3 is 2.56 bits per heavy atom. The van der Waals surface area contributed by atoms with Crippen molar-refractivity contribution < 1.29 is 14.6 Å². The number of rotatable bonds is 10. The zero-order valence-electron chi connectivity index (χ0n) is 19.8. The van der Waals surface area contributed by atoms with Crippen LogP contribution in [-0.2, 0) is 18.1 Å². The molecule has 0 aliphatic carbocycles. The zero-order chi connectivity index (χ0) is 24.0. The van der Waals surface area contributed by atoms with Gasteiger partial charge in [0.2, 0.25) is 0 Å². The van der Waals surface area contributed by atoms with Gasteiger partial charge in [-0.1, -0.05) is 50.0 Å². The van der Waals surface area contributed by atoms with Crippen molar-refractivity contribution in [3.05, 3.63) is 78.9 Å². The highest BCUT2D eigenvalue weighted by Gasteiger charge is 2.15. The monoisotopic (exact) mass is 474 g/mol. The van der Waals surface area contributed by atoms with E-state index in [0.717, 1.165) is 34.9 Å². The van der Waals surface area contributed by atoms with Crippen LogP contribution in [0.1, 0.15) is 5.56 Å². The molecule has 0 aliphatic rings. The number of benzene rings is 2. The first kappa shape index (κ1) is 23.7. The molecule has 0 aliphatic heterocycles. The first-order valence-corrected chi connectivity index (χ1v) is 15.0. The van der Waals surface area contributed by atoms with Crippen molar-refractivity contribution in [2.24, 2.45) is 0 Å². The second-order valence-corrected chi connectivity index (χ2v) is 15.0. The molecule has 0 fully saturated rings. The van der Waals surface area contributed by atoms with E-state index in [-0.39, 0.29) is 5.75 Å². The molecule has 4 rings (SSSR count). The van der Waals surface area contributed by atoms with Crippen molar-refractivity contribution in [1.29, 1.82) is 0 Å². The van der Waals surface area contributed by atoms with Crippen LogP contribution in [0.2, 0.25) is 25.7 Å². The van der Waals surface area contributed by atoms with Crippen LogP contribution < -0.4 is 4.74 Å². The maximum Gasteiger partial charge on any atom is 0.167 e. The third kappa shape index (κ3) is 6.30. The summed E-state index contributed by atoms with van der Waals surface area (Å²) in [7, 11) is -1.15. The van der Waals surface area contributed by atoms with Crippen LogP contribution in [0.15, 0.2) is 73.3 Å². The SMILES string of the molecule is C[Si](C)(C)CCOCn1cnnc1-c1cncc(-c2cc(O)ccc2OCc2ccccc2)c1. The summed E-state index contributed by atoms with van der Waals surface area (Å²) in [6.45, 7) is 8.52. The van der Waals surface area contributed by atoms with E-state index >= 15 is 0 Å². The largest absolute Gasteiger partial charge is 0.508 e. The Kier molecular flexibility index (Phi) is 7.39. The van der Waals surface area contributed by atoms with Gasteiger partial charge in [0, 0.05) is 43.8 Å². The Morgan fingerprint density at radius 1 is 0.971 bits per heavy atom. The minimum absolute atomic E-state index is 0.159. The van der Waals surface area contributed by atoms with Crippen LogP contribution >= 0.6 is 0 Å². The van der Waals surface area contributed by atoms with Crippen LogP contribution in [0, 0.1) is 0 Å². The predicted molar refractivity (Wildman–Crippen MR) is 135 cm³/mol. The highest BCUT2D eigenvalue weighted by Crippen LogP contribution is 2.35. The van der Waals surface area contributed by atoms with E-state index in [1.165, 1.54) is 0 Å². The molecule has 2 aromatic heterocycles. The first-order valence-electron chi connectivity index (χ1n) is 11.3. The molecule has 0 bridgehead atoms.